The Morgan fingerprint density at radius 3 is 2.79 bits per heavy atom. The molecule has 96 valence electrons. The van der Waals surface area contributed by atoms with Gasteiger partial charge in [0.1, 0.15) is 11.7 Å². The molecule has 1 aromatic heterocycles. The number of aryl methyl sites for hydroxylation is 1. The minimum atomic E-state index is -1.17. The highest BCUT2D eigenvalue weighted by atomic mass is 35.5. The molecule has 5 heteroatoms. The minimum absolute atomic E-state index is 0.0191. The van der Waals surface area contributed by atoms with Crippen molar-refractivity contribution in [2.75, 3.05) is 0 Å². The third-order valence-electron chi connectivity index (χ3n) is 2.80. The van der Waals surface area contributed by atoms with Crippen LogP contribution < -0.4 is 0 Å². The summed E-state index contributed by atoms with van der Waals surface area (Å²) in [6.07, 6.45) is 0. The molecule has 0 fully saturated rings. The van der Waals surface area contributed by atoms with Crippen LogP contribution in [0.4, 0.5) is 4.39 Å². The van der Waals surface area contributed by atoms with Crippen molar-refractivity contribution in [2.24, 2.45) is 0 Å². The number of thiophene rings is 1. The van der Waals surface area contributed by atoms with E-state index in [9.17, 15) is 14.4 Å². The first-order valence-corrected chi connectivity index (χ1v) is 6.79. The molecule has 1 aromatic carbocycles. The monoisotopic (exact) mass is 293 g/mol. The molecule has 0 saturated carbocycles. The van der Waals surface area contributed by atoms with Gasteiger partial charge in [-0.15, -0.1) is 0 Å². The van der Waals surface area contributed by atoms with Crippen molar-refractivity contribution in [3.05, 3.63) is 56.5 Å². The summed E-state index contributed by atoms with van der Waals surface area (Å²) in [5.41, 5.74) is 1.26. The Morgan fingerprint density at radius 2 is 2.21 bits per heavy atom. The minimum Gasteiger partial charge on any atom is -0.292 e. The Morgan fingerprint density at radius 1 is 1.47 bits per heavy atom. The fraction of sp³-hybridized carbons (Fsp3) is 0.143. The van der Waals surface area contributed by atoms with Gasteiger partial charge >= 0.3 is 0 Å². The summed E-state index contributed by atoms with van der Waals surface area (Å²) >= 11 is 7.06. The van der Waals surface area contributed by atoms with Gasteiger partial charge in [-0.3, -0.25) is 4.79 Å². The Bertz CT molecular complexity index is 674. The molecular formula is C14H9ClFNOS. The van der Waals surface area contributed by atoms with Crippen LogP contribution in [0.15, 0.2) is 29.0 Å². The zero-order valence-corrected chi connectivity index (χ0v) is 11.6. The first-order chi connectivity index (χ1) is 9.06. The quantitative estimate of drug-likeness (QED) is 0.790. The van der Waals surface area contributed by atoms with Gasteiger partial charge in [0.2, 0.25) is 0 Å². The zero-order chi connectivity index (χ0) is 14.0. The lowest BCUT2D eigenvalue weighted by molar-refractivity contribution is 0.0977. The number of ketones is 1. The van der Waals surface area contributed by atoms with Crippen molar-refractivity contribution in [3.63, 3.8) is 0 Å². The van der Waals surface area contributed by atoms with Crippen LogP contribution >= 0.6 is 22.9 Å². The summed E-state index contributed by atoms with van der Waals surface area (Å²) in [5, 5.41) is 12.6. The molecule has 0 N–H and O–H groups in total. The van der Waals surface area contributed by atoms with Crippen LogP contribution in [0.25, 0.3) is 0 Å². The number of halogens is 2. The average Bonchev–Trinajstić information content (AvgIpc) is 2.81. The van der Waals surface area contributed by atoms with Gasteiger partial charge < -0.3 is 0 Å². The van der Waals surface area contributed by atoms with E-state index in [0.29, 0.717) is 5.56 Å². The van der Waals surface area contributed by atoms with E-state index in [1.807, 2.05) is 11.4 Å². The van der Waals surface area contributed by atoms with Crippen molar-refractivity contribution < 1.29 is 9.18 Å². The number of hydrogen-bond acceptors (Lipinski definition) is 3. The van der Waals surface area contributed by atoms with Crippen LogP contribution in [0.3, 0.4) is 0 Å². The molecule has 2 aromatic rings. The van der Waals surface area contributed by atoms with Crippen LogP contribution in [0.5, 0.6) is 0 Å². The SMILES string of the molecule is Cc1cscc1C(=O)C(C#N)c1cccc(Cl)c1F. The van der Waals surface area contributed by atoms with Crippen molar-refractivity contribution in [1.29, 1.82) is 5.26 Å². The molecule has 19 heavy (non-hydrogen) atoms. The van der Waals surface area contributed by atoms with Crippen molar-refractivity contribution in [2.45, 2.75) is 12.8 Å². The highest BCUT2D eigenvalue weighted by Gasteiger charge is 2.26. The number of Topliss-reactive ketones (excluding diaryl/α,β-unsaturated/α-hetero) is 1. The number of nitriles is 1. The van der Waals surface area contributed by atoms with E-state index in [-0.39, 0.29) is 10.6 Å². The molecule has 0 amide bonds. The first-order valence-electron chi connectivity index (χ1n) is 5.46. The molecule has 0 bridgehead atoms. The third-order valence-corrected chi connectivity index (χ3v) is 3.96. The largest absolute Gasteiger partial charge is 0.292 e. The van der Waals surface area contributed by atoms with Crippen LogP contribution in [0, 0.1) is 24.1 Å². The molecule has 2 nitrogen and oxygen atoms in total. The maximum absolute atomic E-state index is 13.9. The fourth-order valence-electron chi connectivity index (χ4n) is 1.78. The van der Waals surface area contributed by atoms with E-state index < -0.39 is 17.5 Å². The van der Waals surface area contributed by atoms with Crippen LogP contribution in [-0.2, 0) is 0 Å². The molecule has 0 spiro atoms. The normalized spacial score (nSPS) is 11.9. The molecule has 0 aliphatic carbocycles. The van der Waals surface area contributed by atoms with E-state index in [0.717, 1.165) is 5.56 Å². The van der Waals surface area contributed by atoms with Gasteiger partial charge in [0.05, 0.1) is 11.1 Å². The van der Waals surface area contributed by atoms with Gasteiger partial charge in [0.25, 0.3) is 0 Å². The number of benzene rings is 1. The molecule has 0 aliphatic heterocycles. The Balaban J connectivity index is 2.47. The fourth-order valence-corrected chi connectivity index (χ4v) is 2.80. The molecule has 0 saturated heterocycles. The number of carbonyl (C=O) groups excluding carboxylic acids is 1. The number of rotatable bonds is 3. The van der Waals surface area contributed by atoms with E-state index in [4.69, 9.17) is 11.6 Å². The van der Waals surface area contributed by atoms with Gasteiger partial charge in [-0.1, -0.05) is 23.7 Å². The second kappa shape index (κ2) is 5.52. The molecule has 1 atom stereocenters. The standard InChI is InChI=1S/C14H9ClFNOS/c1-8-6-19-7-11(8)14(18)10(5-17)9-3-2-4-12(15)13(9)16/h2-4,6-7,10H,1H3. The summed E-state index contributed by atoms with van der Waals surface area (Å²) in [7, 11) is 0. The molecule has 0 aliphatic rings. The van der Waals surface area contributed by atoms with Crippen molar-refractivity contribution in [1.82, 2.24) is 0 Å². The zero-order valence-electron chi connectivity index (χ0n) is 9.98. The topological polar surface area (TPSA) is 40.9 Å². The lowest BCUT2D eigenvalue weighted by Crippen LogP contribution is -2.13. The van der Waals surface area contributed by atoms with Crippen LogP contribution in [0.2, 0.25) is 5.02 Å². The Labute approximate surface area is 119 Å². The van der Waals surface area contributed by atoms with Gasteiger partial charge in [-0.25, -0.2) is 4.39 Å². The Kier molecular flexibility index (Phi) is 3.98. The van der Waals surface area contributed by atoms with Crippen molar-refractivity contribution in [3.8, 4) is 6.07 Å². The summed E-state index contributed by atoms with van der Waals surface area (Å²) in [6.45, 7) is 1.78. The van der Waals surface area contributed by atoms with Gasteiger partial charge in [-0.05, 0) is 23.9 Å². The predicted molar refractivity (Wildman–Crippen MR) is 73.2 cm³/mol. The Hall–Kier alpha value is -1.70. The van der Waals surface area contributed by atoms with E-state index >= 15 is 0 Å². The van der Waals surface area contributed by atoms with Gasteiger partial charge in [-0.2, -0.15) is 16.6 Å². The molecule has 2 rings (SSSR count). The third kappa shape index (κ3) is 2.53. The molecule has 0 radical (unpaired) electrons. The second-order valence-corrected chi connectivity index (χ2v) is 5.19. The summed E-state index contributed by atoms with van der Waals surface area (Å²) < 4.78 is 13.9. The van der Waals surface area contributed by atoms with Crippen LogP contribution in [0.1, 0.15) is 27.4 Å². The number of carbonyl (C=O) groups is 1. The predicted octanol–water partition coefficient (Wildman–Crippen LogP) is 4.34. The van der Waals surface area contributed by atoms with Crippen molar-refractivity contribution >= 4 is 28.7 Å². The molecule has 1 unspecified atom stereocenters. The highest BCUT2D eigenvalue weighted by molar-refractivity contribution is 7.08. The smallest absolute Gasteiger partial charge is 0.185 e. The van der Waals surface area contributed by atoms with Gasteiger partial charge in [0, 0.05) is 16.5 Å². The first kappa shape index (κ1) is 13.7. The van der Waals surface area contributed by atoms with E-state index in [1.165, 1.54) is 29.5 Å². The lowest BCUT2D eigenvalue weighted by atomic mass is 9.91. The van der Waals surface area contributed by atoms with E-state index in [1.54, 1.807) is 12.3 Å². The molecular weight excluding hydrogens is 285 g/mol. The lowest BCUT2D eigenvalue weighted by Gasteiger charge is -2.10. The maximum Gasteiger partial charge on any atom is 0.185 e. The molecule has 1 heterocycles. The highest BCUT2D eigenvalue weighted by Crippen LogP contribution is 2.28. The summed E-state index contributed by atoms with van der Waals surface area (Å²) in [4.78, 5) is 12.3. The summed E-state index contributed by atoms with van der Waals surface area (Å²) in [6, 6.07) is 6.18. The number of nitrogens with zero attached hydrogens (tertiary/aromatic N) is 1. The summed E-state index contributed by atoms with van der Waals surface area (Å²) in [5.74, 6) is -2.29. The number of hydrogen-bond donors (Lipinski definition) is 0. The maximum atomic E-state index is 13.9. The van der Waals surface area contributed by atoms with E-state index in [2.05, 4.69) is 0 Å². The average molecular weight is 294 g/mol. The van der Waals surface area contributed by atoms with Crippen LogP contribution in [-0.4, -0.2) is 5.78 Å². The second-order valence-electron chi connectivity index (χ2n) is 4.04. The van der Waals surface area contributed by atoms with Gasteiger partial charge in [0.15, 0.2) is 5.78 Å².